The highest BCUT2D eigenvalue weighted by atomic mass is 14.8. The number of aryl methyl sites for hydroxylation is 2. The van der Waals surface area contributed by atoms with Gasteiger partial charge < -0.3 is 0 Å². The van der Waals surface area contributed by atoms with Gasteiger partial charge in [-0.05, 0) is 13.8 Å². The number of nitrogens with zero attached hydrogens (tertiary/aromatic N) is 2. The average Bonchev–Trinajstić information content (AvgIpc) is 2.51. The summed E-state index contributed by atoms with van der Waals surface area (Å²) in [6.07, 6.45) is 0. The first-order valence-electron chi connectivity index (χ1n) is 6.72. The molecule has 0 unspecified atom stereocenters. The van der Waals surface area contributed by atoms with Crippen molar-refractivity contribution in [2.75, 3.05) is 0 Å². The quantitative estimate of drug-likeness (QED) is 0.681. The van der Waals surface area contributed by atoms with Crippen molar-refractivity contribution in [1.29, 1.82) is 0 Å². The minimum Gasteiger partial charge on any atom is -0.249 e. The minimum atomic E-state index is 0.959. The second-order valence-electron chi connectivity index (χ2n) is 4.82. The highest BCUT2D eigenvalue weighted by molar-refractivity contribution is 5.67. The van der Waals surface area contributed by atoms with Gasteiger partial charge in [0.1, 0.15) is 0 Å². The molecule has 2 aromatic carbocycles. The first-order chi connectivity index (χ1) is 9.75. The van der Waals surface area contributed by atoms with Gasteiger partial charge in [0.2, 0.25) is 0 Å². The number of rotatable bonds is 2. The van der Waals surface area contributed by atoms with Crippen LogP contribution in [0.25, 0.3) is 22.5 Å². The average molecular weight is 260 g/mol. The van der Waals surface area contributed by atoms with Crippen molar-refractivity contribution in [3.8, 4) is 22.5 Å². The standard InChI is InChI=1S/C18H16N2/c1-13-17(15-9-5-3-6-10-15)20-14(2)18(19-13)16-11-7-4-8-12-16/h3-12H,1-2H3. The number of hydrogen-bond donors (Lipinski definition) is 0. The van der Waals surface area contributed by atoms with Gasteiger partial charge in [-0.2, -0.15) is 0 Å². The van der Waals surface area contributed by atoms with Crippen LogP contribution in [0, 0.1) is 13.8 Å². The molecule has 3 rings (SSSR count). The van der Waals surface area contributed by atoms with Gasteiger partial charge in [0.05, 0.1) is 22.8 Å². The molecule has 0 saturated heterocycles. The molecule has 0 aliphatic heterocycles. The maximum Gasteiger partial charge on any atom is 0.0918 e. The lowest BCUT2D eigenvalue weighted by Gasteiger charge is -2.10. The number of aromatic nitrogens is 2. The summed E-state index contributed by atoms with van der Waals surface area (Å²) in [6, 6.07) is 20.4. The molecule has 2 heteroatoms. The van der Waals surface area contributed by atoms with Crippen molar-refractivity contribution in [1.82, 2.24) is 9.97 Å². The lowest BCUT2D eigenvalue weighted by Crippen LogP contribution is -1.99. The lowest BCUT2D eigenvalue weighted by molar-refractivity contribution is 1.08. The summed E-state index contributed by atoms with van der Waals surface area (Å²) in [5, 5.41) is 0. The third kappa shape index (κ3) is 2.32. The first-order valence-corrected chi connectivity index (χ1v) is 6.72. The lowest BCUT2D eigenvalue weighted by atomic mass is 10.1. The van der Waals surface area contributed by atoms with Crippen LogP contribution < -0.4 is 0 Å². The van der Waals surface area contributed by atoms with Crippen LogP contribution in [0.3, 0.4) is 0 Å². The third-order valence-corrected chi connectivity index (χ3v) is 3.34. The van der Waals surface area contributed by atoms with Crippen LogP contribution in [-0.2, 0) is 0 Å². The van der Waals surface area contributed by atoms with Gasteiger partial charge >= 0.3 is 0 Å². The number of benzene rings is 2. The Balaban J connectivity index is 2.13. The molecule has 20 heavy (non-hydrogen) atoms. The molecule has 98 valence electrons. The zero-order valence-corrected chi connectivity index (χ0v) is 11.7. The van der Waals surface area contributed by atoms with E-state index in [2.05, 4.69) is 24.3 Å². The van der Waals surface area contributed by atoms with Crippen LogP contribution in [0.5, 0.6) is 0 Å². The van der Waals surface area contributed by atoms with Crippen LogP contribution in [0.4, 0.5) is 0 Å². The molecule has 0 atom stereocenters. The molecule has 0 bridgehead atoms. The molecule has 0 radical (unpaired) electrons. The molecule has 0 N–H and O–H groups in total. The molecule has 0 fully saturated rings. The second-order valence-corrected chi connectivity index (χ2v) is 4.82. The van der Waals surface area contributed by atoms with E-state index >= 15 is 0 Å². The summed E-state index contributed by atoms with van der Waals surface area (Å²) in [4.78, 5) is 9.51. The molecule has 1 aromatic heterocycles. The number of hydrogen-bond acceptors (Lipinski definition) is 2. The van der Waals surface area contributed by atoms with Crippen molar-refractivity contribution in [3.63, 3.8) is 0 Å². The van der Waals surface area contributed by atoms with Crippen LogP contribution in [0.2, 0.25) is 0 Å². The topological polar surface area (TPSA) is 25.8 Å². The summed E-state index contributed by atoms with van der Waals surface area (Å²) in [7, 11) is 0. The Morgan fingerprint density at radius 2 is 0.900 bits per heavy atom. The van der Waals surface area contributed by atoms with Crippen LogP contribution in [-0.4, -0.2) is 9.97 Å². The molecule has 0 aliphatic carbocycles. The molecule has 0 spiro atoms. The van der Waals surface area contributed by atoms with Gasteiger partial charge in [-0.3, -0.25) is 0 Å². The largest absolute Gasteiger partial charge is 0.249 e. The summed E-state index contributed by atoms with van der Waals surface area (Å²) < 4.78 is 0. The normalized spacial score (nSPS) is 10.5. The predicted octanol–water partition coefficient (Wildman–Crippen LogP) is 4.43. The van der Waals surface area contributed by atoms with Crippen LogP contribution >= 0.6 is 0 Å². The van der Waals surface area contributed by atoms with Crippen molar-refractivity contribution in [2.45, 2.75) is 13.8 Å². The zero-order chi connectivity index (χ0) is 13.9. The minimum absolute atomic E-state index is 0.959. The fraction of sp³-hybridized carbons (Fsp3) is 0.111. The van der Waals surface area contributed by atoms with Gasteiger partial charge in [-0.25, -0.2) is 9.97 Å². The van der Waals surface area contributed by atoms with E-state index in [1.54, 1.807) is 0 Å². The Hall–Kier alpha value is -2.48. The predicted molar refractivity (Wildman–Crippen MR) is 82.4 cm³/mol. The Morgan fingerprint density at radius 3 is 1.25 bits per heavy atom. The van der Waals surface area contributed by atoms with Gasteiger partial charge in [0, 0.05) is 11.1 Å². The van der Waals surface area contributed by atoms with Gasteiger partial charge in [-0.1, -0.05) is 60.7 Å². The molecule has 0 amide bonds. The Bertz CT molecular complexity index is 654. The molecular weight excluding hydrogens is 244 g/mol. The van der Waals surface area contributed by atoms with Crippen molar-refractivity contribution in [2.24, 2.45) is 0 Å². The van der Waals surface area contributed by atoms with Crippen molar-refractivity contribution < 1.29 is 0 Å². The van der Waals surface area contributed by atoms with Gasteiger partial charge in [0.15, 0.2) is 0 Å². The molecule has 0 aliphatic rings. The highest BCUT2D eigenvalue weighted by Crippen LogP contribution is 2.25. The highest BCUT2D eigenvalue weighted by Gasteiger charge is 2.10. The third-order valence-electron chi connectivity index (χ3n) is 3.34. The molecule has 0 saturated carbocycles. The van der Waals surface area contributed by atoms with Crippen LogP contribution in [0.15, 0.2) is 60.7 Å². The van der Waals surface area contributed by atoms with E-state index in [9.17, 15) is 0 Å². The first kappa shape index (κ1) is 12.5. The van der Waals surface area contributed by atoms with E-state index in [0.29, 0.717) is 0 Å². The molecule has 3 aromatic rings. The maximum absolute atomic E-state index is 4.76. The molecule has 1 heterocycles. The molecular formula is C18H16N2. The maximum atomic E-state index is 4.76. The van der Waals surface area contributed by atoms with E-state index in [-0.39, 0.29) is 0 Å². The SMILES string of the molecule is Cc1nc(-c2ccccc2)c(C)nc1-c1ccccc1. The Kier molecular flexibility index (Phi) is 3.30. The van der Waals surface area contributed by atoms with Gasteiger partial charge in [0.25, 0.3) is 0 Å². The van der Waals surface area contributed by atoms with Crippen molar-refractivity contribution in [3.05, 3.63) is 72.1 Å². The smallest absolute Gasteiger partial charge is 0.0918 e. The van der Waals surface area contributed by atoms with E-state index in [1.807, 2.05) is 50.2 Å². The van der Waals surface area contributed by atoms with E-state index in [0.717, 1.165) is 33.9 Å². The fourth-order valence-corrected chi connectivity index (χ4v) is 2.34. The Morgan fingerprint density at radius 1 is 0.550 bits per heavy atom. The second kappa shape index (κ2) is 5.25. The van der Waals surface area contributed by atoms with Gasteiger partial charge in [-0.15, -0.1) is 0 Å². The summed E-state index contributed by atoms with van der Waals surface area (Å²) in [5.41, 5.74) is 6.06. The van der Waals surface area contributed by atoms with E-state index in [1.165, 1.54) is 0 Å². The Labute approximate surface area is 119 Å². The van der Waals surface area contributed by atoms with Crippen molar-refractivity contribution >= 4 is 0 Å². The summed E-state index contributed by atoms with van der Waals surface area (Å²) >= 11 is 0. The van der Waals surface area contributed by atoms with E-state index in [4.69, 9.17) is 9.97 Å². The summed E-state index contributed by atoms with van der Waals surface area (Å²) in [6.45, 7) is 4.03. The monoisotopic (exact) mass is 260 g/mol. The van der Waals surface area contributed by atoms with E-state index < -0.39 is 0 Å². The summed E-state index contributed by atoms with van der Waals surface area (Å²) in [5.74, 6) is 0. The van der Waals surface area contributed by atoms with Crippen LogP contribution in [0.1, 0.15) is 11.4 Å². The molecule has 2 nitrogen and oxygen atoms in total. The fourth-order valence-electron chi connectivity index (χ4n) is 2.34. The zero-order valence-electron chi connectivity index (χ0n) is 11.7.